The molecular weight excluding hydrogens is 256 g/mol. The standard InChI is InChI=1S/C14H24N4O2/c1-4-15-10-11-5-7-18(8-6-11)14-16-12(19-2)9-13(17-14)20-3/h9,11,15H,4-8,10H2,1-3H3. The second-order valence-electron chi connectivity index (χ2n) is 4.99. The van der Waals surface area contributed by atoms with Gasteiger partial charge in [0.25, 0.3) is 0 Å². The monoisotopic (exact) mass is 280 g/mol. The van der Waals surface area contributed by atoms with Crippen LogP contribution in [0.3, 0.4) is 0 Å². The third kappa shape index (κ3) is 3.72. The van der Waals surface area contributed by atoms with Crippen molar-refractivity contribution in [3.8, 4) is 11.8 Å². The van der Waals surface area contributed by atoms with E-state index < -0.39 is 0 Å². The Hall–Kier alpha value is -1.56. The van der Waals surface area contributed by atoms with Crippen LogP contribution in [0.4, 0.5) is 5.95 Å². The number of anilines is 1. The molecule has 2 heterocycles. The molecule has 1 N–H and O–H groups in total. The second-order valence-corrected chi connectivity index (χ2v) is 4.99. The van der Waals surface area contributed by atoms with Gasteiger partial charge in [0, 0.05) is 13.1 Å². The van der Waals surface area contributed by atoms with Gasteiger partial charge in [0.05, 0.1) is 20.3 Å². The van der Waals surface area contributed by atoms with Gasteiger partial charge in [0.1, 0.15) is 0 Å². The number of aromatic nitrogens is 2. The summed E-state index contributed by atoms with van der Waals surface area (Å²) in [4.78, 5) is 11.0. The fourth-order valence-corrected chi connectivity index (χ4v) is 2.43. The molecule has 0 atom stereocenters. The predicted molar refractivity (Wildman–Crippen MR) is 78.6 cm³/mol. The van der Waals surface area contributed by atoms with E-state index in [0.717, 1.165) is 44.9 Å². The molecule has 0 amide bonds. The van der Waals surface area contributed by atoms with Crippen molar-refractivity contribution in [2.45, 2.75) is 19.8 Å². The van der Waals surface area contributed by atoms with Gasteiger partial charge in [0.15, 0.2) is 0 Å². The van der Waals surface area contributed by atoms with Crippen molar-refractivity contribution >= 4 is 5.95 Å². The number of nitrogens with zero attached hydrogens (tertiary/aromatic N) is 3. The van der Waals surface area contributed by atoms with Crippen molar-refractivity contribution in [2.24, 2.45) is 5.92 Å². The van der Waals surface area contributed by atoms with Crippen molar-refractivity contribution < 1.29 is 9.47 Å². The molecule has 1 aromatic rings. The Morgan fingerprint density at radius 3 is 2.30 bits per heavy atom. The van der Waals surface area contributed by atoms with Crippen LogP contribution in [0.25, 0.3) is 0 Å². The Kier molecular flexibility index (Phi) is 5.40. The minimum atomic E-state index is 0.543. The van der Waals surface area contributed by atoms with Crippen molar-refractivity contribution in [3.63, 3.8) is 0 Å². The summed E-state index contributed by atoms with van der Waals surface area (Å²) >= 11 is 0. The van der Waals surface area contributed by atoms with E-state index in [4.69, 9.17) is 9.47 Å². The molecule has 1 aliphatic rings. The number of ether oxygens (including phenoxy) is 2. The van der Waals surface area contributed by atoms with Crippen LogP contribution in [0.15, 0.2) is 6.07 Å². The Morgan fingerprint density at radius 2 is 1.80 bits per heavy atom. The average Bonchev–Trinajstić information content (AvgIpc) is 2.52. The lowest BCUT2D eigenvalue weighted by Gasteiger charge is -2.32. The molecule has 0 saturated carbocycles. The maximum absolute atomic E-state index is 5.19. The van der Waals surface area contributed by atoms with Gasteiger partial charge in [-0.3, -0.25) is 0 Å². The molecule has 0 aliphatic carbocycles. The van der Waals surface area contributed by atoms with Gasteiger partial charge in [0.2, 0.25) is 17.7 Å². The summed E-state index contributed by atoms with van der Waals surface area (Å²) in [5.74, 6) is 2.53. The molecule has 1 aromatic heterocycles. The molecule has 20 heavy (non-hydrogen) atoms. The minimum absolute atomic E-state index is 0.543. The van der Waals surface area contributed by atoms with Gasteiger partial charge in [-0.15, -0.1) is 0 Å². The number of nitrogens with one attached hydrogen (secondary N) is 1. The van der Waals surface area contributed by atoms with Crippen molar-refractivity contribution in [1.82, 2.24) is 15.3 Å². The summed E-state index contributed by atoms with van der Waals surface area (Å²) in [6.07, 6.45) is 2.33. The number of hydrogen-bond donors (Lipinski definition) is 1. The fourth-order valence-electron chi connectivity index (χ4n) is 2.43. The molecule has 6 heteroatoms. The van der Waals surface area contributed by atoms with Gasteiger partial charge in [-0.25, -0.2) is 0 Å². The zero-order valence-electron chi connectivity index (χ0n) is 12.6. The number of piperidine rings is 1. The van der Waals surface area contributed by atoms with Gasteiger partial charge >= 0.3 is 0 Å². The molecule has 6 nitrogen and oxygen atoms in total. The van der Waals surface area contributed by atoms with E-state index >= 15 is 0 Å². The van der Waals surface area contributed by atoms with Gasteiger partial charge in [-0.05, 0) is 31.8 Å². The first-order valence-corrected chi connectivity index (χ1v) is 7.19. The molecular formula is C14H24N4O2. The number of methoxy groups -OCH3 is 2. The first-order chi connectivity index (χ1) is 9.76. The SMILES string of the molecule is CCNCC1CCN(c2nc(OC)cc(OC)n2)CC1. The molecule has 0 bridgehead atoms. The first kappa shape index (κ1) is 14.8. The first-order valence-electron chi connectivity index (χ1n) is 7.19. The molecule has 0 aromatic carbocycles. The zero-order valence-corrected chi connectivity index (χ0v) is 12.6. The predicted octanol–water partition coefficient (Wildman–Crippen LogP) is 1.32. The quantitative estimate of drug-likeness (QED) is 0.848. The smallest absolute Gasteiger partial charge is 0.231 e. The summed E-state index contributed by atoms with van der Waals surface area (Å²) in [5.41, 5.74) is 0. The Morgan fingerprint density at radius 1 is 1.20 bits per heavy atom. The Labute approximate surface area is 120 Å². The van der Waals surface area contributed by atoms with Crippen LogP contribution < -0.4 is 19.7 Å². The van der Waals surface area contributed by atoms with Gasteiger partial charge < -0.3 is 19.7 Å². The van der Waals surface area contributed by atoms with E-state index in [9.17, 15) is 0 Å². The third-order valence-corrected chi connectivity index (χ3v) is 3.67. The lowest BCUT2D eigenvalue weighted by atomic mass is 9.97. The molecule has 1 saturated heterocycles. The van der Waals surface area contributed by atoms with Gasteiger partial charge in [-0.2, -0.15) is 9.97 Å². The maximum atomic E-state index is 5.19. The van der Waals surface area contributed by atoms with Crippen LogP contribution in [0.5, 0.6) is 11.8 Å². The van der Waals surface area contributed by atoms with Gasteiger partial charge in [-0.1, -0.05) is 6.92 Å². The fraction of sp³-hybridized carbons (Fsp3) is 0.714. The minimum Gasteiger partial charge on any atom is -0.481 e. The third-order valence-electron chi connectivity index (χ3n) is 3.67. The normalized spacial score (nSPS) is 16.2. The molecule has 2 rings (SSSR count). The van der Waals surface area contributed by atoms with E-state index in [2.05, 4.69) is 27.1 Å². The van der Waals surface area contributed by atoms with Crippen molar-refractivity contribution in [1.29, 1.82) is 0 Å². The topological polar surface area (TPSA) is 59.5 Å². The highest BCUT2D eigenvalue weighted by Gasteiger charge is 2.21. The maximum Gasteiger partial charge on any atom is 0.231 e. The van der Waals surface area contributed by atoms with Crippen LogP contribution in [-0.4, -0.2) is 50.4 Å². The van der Waals surface area contributed by atoms with E-state index in [1.165, 1.54) is 0 Å². The van der Waals surface area contributed by atoms with Crippen LogP contribution in [0.2, 0.25) is 0 Å². The molecule has 1 aliphatic heterocycles. The summed E-state index contributed by atoms with van der Waals surface area (Å²) in [6, 6.07) is 1.70. The molecule has 1 fully saturated rings. The van der Waals surface area contributed by atoms with Crippen molar-refractivity contribution in [3.05, 3.63) is 6.07 Å². The molecule has 0 unspecified atom stereocenters. The molecule has 0 spiro atoms. The highest BCUT2D eigenvalue weighted by Crippen LogP contribution is 2.24. The second kappa shape index (κ2) is 7.28. The van der Waals surface area contributed by atoms with E-state index in [1.807, 2.05) is 0 Å². The number of rotatable bonds is 6. The Bertz CT molecular complexity index is 397. The largest absolute Gasteiger partial charge is 0.481 e. The van der Waals surface area contributed by atoms with Crippen LogP contribution in [0.1, 0.15) is 19.8 Å². The summed E-state index contributed by atoms with van der Waals surface area (Å²) in [5, 5.41) is 3.42. The number of hydrogen-bond acceptors (Lipinski definition) is 6. The zero-order chi connectivity index (χ0) is 14.4. The summed E-state index contributed by atoms with van der Waals surface area (Å²) in [7, 11) is 3.21. The molecule has 0 radical (unpaired) electrons. The van der Waals surface area contributed by atoms with Crippen LogP contribution in [0, 0.1) is 5.92 Å². The van der Waals surface area contributed by atoms with Crippen LogP contribution in [-0.2, 0) is 0 Å². The van der Waals surface area contributed by atoms with E-state index in [1.54, 1.807) is 20.3 Å². The lowest BCUT2D eigenvalue weighted by Crippen LogP contribution is -2.38. The Balaban J connectivity index is 1.99. The highest BCUT2D eigenvalue weighted by atomic mass is 16.5. The summed E-state index contributed by atoms with van der Waals surface area (Å²) in [6.45, 7) is 6.24. The van der Waals surface area contributed by atoms with E-state index in [-0.39, 0.29) is 0 Å². The summed E-state index contributed by atoms with van der Waals surface area (Å²) < 4.78 is 10.4. The van der Waals surface area contributed by atoms with Crippen LogP contribution >= 0.6 is 0 Å². The van der Waals surface area contributed by atoms with E-state index in [0.29, 0.717) is 17.7 Å². The molecule has 112 valence electrons. The lowest BCUT2D eigenvalue weighted by molar-refractivity contribution is 0.363. The van der Waals surface area contributed by atoms with Crippen molar-refractivity contribution in [2.75, 3.05) is 45.3 Å². The highest BCUT2D eigenvalue weighted by molar-refractivity contribution is 5.37. The average molecular weight is 280 g/mol.